The van der Waals surface area contributed by atoms with Gasteiger partial charge in [-0.1, -0.05) is 0 Å². The largest absolute Gasteiger partial charge is 0.480 e. The van der Waals surface area contributed by atoms with Gasteiger partial charge < -0.3 is 20.1 Å². The van der Waals surface area contributed by atoms with Crippen molar-refractivity contribution in [2.45, 2.75) is 44.2 Å². The van der Waals surface area contributed by atoms with Crippen LogP contribution in [-0.4, -0.2) is 59.8 Å². The molecule has 0 aromatic rings. The number of hydrogen-bond donors (Lipinski definition) is 2. The van der Waals surface area contributed by atoms with Crippen LogP contribution in [0.3, 0.4) is 0 Å². The van der Waals surface area contributed by atoms with Gasteiger partial charge in [0.05, 0.1) is 6.10 Å². The highest BCUT2D eigenvalue weighted by molar-refractivity contribution is 5.88. The number of nitrogens with one attached hydrogen (secondary N) is 1. The maximum absolute atomic E-state index is 12.1. The van der Waals surface area contributed by atoms with Crippen molar-refractivity contribution in [3.05, 3.63) is 0 Å². The lowest BCUT2D eigenvalue weighted by Gasteiger charge is -2.32. The standard InChI is InChI=1S/C13H22N2O4/c1-13(12(17)18)5-2-8-15(13)11(16)9-19-10-3-6-14-7-4-10/h10,14H,2-9H2,1H3,(H,17,18). The molecule has 6 heteroatoms. The SMILES string of the molecule is CC1(C(=O)O)CCCN1C(=O)COC1CCNCC1. The molecule has 6 nitrogen and oxygen atoms in total. The molecule has 0 saturated carbocycles. The van der Waals surface area contributed by atoms with Crippen LogP contribution in [0.5, 0.6) is 0 Å². The van der Waals surface area contributed by atoms with Gasteiger partial charge in [-0.15, -0.1) is 0 Å². The molecule has 0 radical (unpaired) electrons. The summed E-state index contributed by atoms with van der Waals surface area (Å²) in [5, 5.41) is 12.5. The monoisotopic (exact) mass is 270 g/mol. The Bertz CT molecular complexity index is 355. The van der Waals surface area contributed by atoms with Crippen LogP contribution in [0.15, 0.2) is 0 Å². The molecule has 2 heterocycles. The second-order valence-electron chi connectivity index (χ2n) is 5.49. The lowest BCUT2D eigenvalue weighted by Crippen LogP contribution is -2.52. The van der Waals surface area contributed by atoms with E-state index in [1.54, 1.807) is 6.92 Å². The molecule has 2 aliphatic rings. The number of aliphatic carboxylic acids is 1. The fourth-order valence-corrected chi connectivity index (χ4v) is 2.81. The molecule has 2 fully saturated rings. The van der Waals surface area contributed by atoms with Crippen molar-refractivity contribution >= 4 is 11.9 Å². The Hall–Kier alpha value is -1.14. The summed E-state index contributed by atoms with van der Waals surface area (Å²) in [6.45, 7) is 3.94. The highest BCUT2D eigenvalue weighted by Crippen LogP contribution is 2.29. The number of carbonyl (C=O) groups excluding carboxylic acids is 1. The number of hydrogen-bond acceptors (Lipinski definition) is 4. The van der Waals surface area contributed by atoms with Gasteiger partial charge in [0.2, 0.25) is 5.91 Å². The van der Waals surface area contributed by atoms with Gasteiger partial charge in [0, 0.05) is 6.54 Å². The number of rotatable bonds is 4. The van der Waals surface area contributed by atoms with Crippen LogP contribution in [0.4, 0.5) is 0 Å². The highest BCUT2D eigenvalue weighted by atomic mass is 16.5. The average Bonchev–Trinajstić information content (AvgIpc) is 2.81. The summed E-state index contributed by atoms with van der Waals surface area (Å²) < 4.78 is 5.61. The Morgan fingerprint density at radius 2 is 2.11 bits per heavy atom. The molecule has 1 amide bonds. The van der Waals surface area contributed by atoms with E-state index in [2.05, 4.69) is 5.32 Å². The first-order chi connectivity index (χ1) is 9.04. The van der Waals surface area contributed by atoms with E-state index in [0.29, 0.717) is 13.0 Å². The lowest BCUT2D eigenvalue weighted by molar-refractivity contribution is -0.158. The van der Waals surface area contributed by atoms with E-state index in [4.69, 9.17) is 4.74 Å². The molecule has 19 heavy (non-hydrogen) atoms. The number of nitrogens with zero attached hydrogens (tertiary/aromatic N) is 1. The number of ether oxygens (including phenoxy) is 1. The van der Waals surface area contributed by atoms with Crippen LogP contribution in [0, 0.1) is 0 Å². The van der Waals surface area contributed by atoms with Crippen molar-refractivity contribution < 1.29 is 19.4 Å². The number of carboxylic acid groups (broad SMARTS) is 1. The lowest BCUT2D eigenvalue weighted by atomic mass is 9.99. The van der Waals surface area contributed by atoms with Gasteiger partial charge in [-0.25, -0.2) is 4.79 Å². The maximum atomic E-state index is 12.1. The zero-order chi connectivity index (χ0) is 13.9. The van der Waals surface area contributed by atoms with Crippen LogP contribution >= 0.6 is 0 Å². The molecule has 0 aromatic carbocycles. The Labute approximate surface area is 113 Å². The van der Waals surface area contributed by atoms with E-state index >= 15 is 0 Å². The minimum Gasteiger partial charge on any atom is -0.480 e. The molecule has 2 N–H and O–H groups in total. The van der Waals surface area contributed by atoms with Crippen molar-refractivity contribution in [2.75, 3.05) is 26.2 Å². The number of carboxylic acids is 1. The van der Waals surface area contributed by atoms with Crippen molar-refractivity contribution in [3.8, 4) is 0 Å². The van der Waals surface area contributed by atoms with Crippen LogP contribution < -0.4 is 5.32 Å². The third-order valence-corrected chi connectivity index (χ3v) is 4.13. The van der Waals surface area contributed by atoms with E-state index in [-0.39, 0.29) is 18.6 Å². The molecule has 1 unspecified atom stereocenters. The van der Waals surface area contributed by atoms with Gasteiger partial charge in [-0.05, 0) is 45.7 Å². The second kappa shape index (κ2) is 5.88. The fourth-order valence-electron chi connectivity index (χ4n) is 2.81. The number of likely N-dealkylation sites (tertiary alicyclic amines) is 1. The van der Waals surface area contributed by atoms with Gasteiger partial charge in [-0.2, -0.15) is 0 Å². The van der Waals surface area contributed by atoms with E-state index in [1.165, 1.54) is 4.90 Å². The summed E-state index contributed by atoms with van der Waals surface area (Å²) in [5.74, 6) is -1.14. The zero-order valence-electron chi connectivity index (χ0n) is 11.4. The van der Waals surface area contributed by atoms with E-state index < -0.39 is 11.5 Å². The molecular weight excluding hydrogens is 248 g/mol. The third kappa shape index (κ3) is 3.06. The van der Waals surface area contributed by atoms with Gasteiger partial charge in [-0.3, -0.25) is 4.79 Å². The summed E-state index contributed by atoms with van der Waals surface area (Å²) in [5.41, 5.74) is -1.06. The second-order valence-corrected chi connectivity index (χ2v) is 5.49. The molecule has 2 saturated heterocycles. The minimum atomic E-state index is -1.06. The zero-order valence-corrected chi connectivity index (χ0v) is 11.4. The summed E-state index contributed by atoms with van der Waals surface area (Å²) in [4.78, 5) is 24.9. The fraction of sp³-hybridized carbons (Fsp3) is 0.846. The molecule has 0 aliphatic carbocycles. The first kappa shape index (κ1) is 14.3. The van der Waals surface area contributed by atoms with Crippen molar-refractivity contribution in [1.82, 2.24) is 10.2 Å². The third-order valence-electron chi connectivity index (χ3n) is 4.13. The Morgan fingerprint density at radius 1 is 1.42 bits per heavy atom. The molecule has 2 rings (SSSR count). The van der Waals surface area contributed by atoms with Gasteiger partial charge in [0.25, 0.3) is 0 Å². The topological polar surface area (TPSA) is 78.9 Å². The van der Waals surface area contributed by atoms with Crippen molar-refractivity contribution in [1.29, 1.82) is 0 Å². The van der Waals surface area contributed by atoms with Crippen molar-refractivity contribution in [2.24, 2.45) is 0 Å². The predicted molar refractivity (Wildman–Crippen MR) is 68.8 cm³/mol. The minimum absolute atomic E-state index is 0.00641. The smallest absolute Gasteiger partial charge is 0.329 e. The van der Waals surface area contributed by atoms with Crippen molar-refractivity contribution in [3.63, 3.8) is 0 Å². The van der Waals surface area contributed by atoms with Crippen LogP contribution in [-0.2, 0) is 14.3 Å². The number of amides is 1. The number of piperidine rings is 1. The van der Waals surface area contributed by atoms with Gasteiger partial charge in [0.1, 0.15) is 12.1 Å². The van der Waals surface area contributed by atoms with Crippen LogP contribution in [0.25, 0.3) is 0 Å². The van der Waals surface area contributed by atoms with E-state index in [1.807, 2.05) is 0 Å². The quantitative estimate of drug-likeness (QED) is 0.764. The average molecular weight is 270 g/mol. The maximum Gasteiger partial charge on any atom is 0.329 e. The molecule has 0 bridgehead atoms. The van der Waals surface area contributed by atoms with Gasteiger partial charge in [0.15, 0.2) is 0 Å². The van der Waals surface area contributed by atoms with Crippen LogP contribution in [0.1, 0.15) is 32.6 Å². The van der Waals surface area contributed by atoms with Crippen LogP contribution in [0.2, 0.25) is 0 Å². The Balaban J connectivity index is 1.87. The molecular formula is C13H22N2O4. The summed E-state index contributed by atoms with van der Waals surface area (Å²) >= 11 is 0. The number of carbonyl (C=O) groups is 2. The first-order valence-corrected chi connectivity index (χ1v) is 6.90. The van der Waals surface area contributed by atoms with E-state index in [0.717, 1.165) is 32.4 Å². The van der Waals surface area contributed by atoms with E-state index in [9.17, 15) is 14.7 Å². The van der Waals surface area contributed by atoms with Gasteiger partial charge >= 0.3 is 5.97 Å². The first-order valence-electron chi connectivity index (χ1n) is 6.90. The normalized spacial score (nSPS) is 28.6. The molecule has 108 valence electrons. The highest BCUT2D eigenvalue weighted by Gasteiger charge is 2.45. The Morgan fingerprint density at radius 3 is 2.74 bits per heavy atom. The predicted octanol–water partition coefficient (Wildman–Crippen LogP) is 0.221. The summed E-state index contributed by atoms with van der Waals surface area (Å²) in [6.07, 6.45) is 3.18. The molecule has 0 aromatic heterocycles. The Kier molecular flexibility index (Phi) is 4.42. The molecule has 0 spiro atoms. The molecule has 1 atom stereocenters. The molecule has 2 aliphatic heterocycles. The summed E-state index contributed by atoms with van der Waals surface area (Å²) in [7, 11) is 0. The summed E-state index contributed by atoms with van der Waals surface area (Å²) in [6, 6.07) is 0.